The first-order valence-electron chi connectivity index (χ1n) is 16.3. The maximum absolute atomic E-state index is 13.5. The van der Waals surface area contributed by atoms with Crippen molar-refractivity contribution in [1.82, 2.24) is 0 Å². The SMILES string of the molecule is C[C@]12CCC3c4ccc(O)cc4[C@@H](O)C(CCCCCCCCCS(=O)CC(F)(F)C(F)(F)C(F)(F)F)C3C1C[C@@H](O)C21CC1. The Labute approximate surface area is 262 Å². The summed E-state index contributed by atoms with van der Waals surface area (Å²) in [5, 5.41) is 33.0. The molecular weight excluding hydrogens is 625 g/mol. The lowest BCUT2D eigenvalue weighted by molar-refractivity contribution is -0.348. The molecule has 4 aliphatic carbocycles. The topological polar surface area (TPSA) is 77.8 Å². The minimum absolute atomic E-state index is 0.00727. The van der Waals surface area contributed by atoms with E-state index in [9.17, 15) is 50.3 Å². The van der Waals surface area contributed by atoms with E-state index in [1.54, 1.807) is 12.1 Å². The number of aliphatic hydroxyl groups is 2. The first kappa shape index (κ1) is 34.9. The maximum Gasteiger partial charge on any atom is 0.459 e. The van der Waals surface area contributed by atoms with E-state index in [-0.39, 0.29) is 52.6 Å². The fourth-order valence-corrected chi connectivity index (χ4v) is 10.7. The van der Waals surface area contributed by atoms with Crippen LogP contribution in [0.5, 0.6) is 5.75 Å². The van der Waals surface area contributed by atoms with Crippen molar-refractivity contribution < 1.29 is 50.3 Å². The van der Waals surface area contributed by atoms with Gasteiger partial charge in [-0.1, -0.05) is 51.5 Å². The van der Waals surface area contributed by atoms with Crippen LogP contribution >= 0.6 is 0 Å². The van der Waals surface area contributed by atoms with E-state index >= 15 is 0 Å². The van der Waals surface area contributed by atoms with E-state index in [1.165, 1.54) is 0 Å². The second-order valence-electron chi connectivity index (χ2n) is 14.4. The van der Waals surface area contributed by atoms with Crippen molar-refractivity contribution in [3.8, 4) is 5.75 Å². The lowest BCUT2D eigenvalue weighted by Crippen LogP contribution is -2.54. The predicted molar refractivity (Wildman–Crippen MR) is 157 cm³/mol. The molecule has 3 saturated carbocycles. The van der Waals surface area contributed by atoms with Crippen molar-refractivity contribution >= 4 is 10.8 Å². The summed E-state index contributed by atoms with van der Waals surface area (Å²) in [7, 11) is -2.50. The van der Waals surface area contributed by atoms with Gasteiger partial charge in [0.1, 0.15) is 5.75 Å². The third-order valence-corrected chi connectivity index (χ3v) is 13.4. The van der Waals surface area contributed by atoms with Crippen LogP contribution in [0.4, 0.5) is 30.7 Å². The molecule has 8 atom stereocenters. The number of benzene rings is 1. The average molecular weight is 671 g/mol. The summed E-state index contributed by atoms with van der Waals surface area (Å²) < 4.78 is 102. The molecule has 45 heavy (non-hydrogen) atoms. The van der Waals surface area contributed by atoms with Crippen LogP contribution in [0.2, 0.25) is 0 Å². The van der Waals surface area contributed by atoms with Crippen LogP contribution in [0.3, 0.4) is 0 Å². The molecule has 12 heteroatoms. The van der Waals surface area contributed by atoms with Gasteiger partial charge in [0.05, 0.1) is 18.0 Å². The van der Waals surface area contributed by atoms with Crippen molar-refractivity contribution in [3.63, 3.8) is 0 Å². The summed E-state index contributed by atoms with van der Waals surface area (Å²) >= 11 is 0. The van der Waals surface area contributed by atoms with Gasteiger partial charge >= 0.3 is 18.0 Å². The smallest absolute Gasteiger partial charge is 0.459 e. The number of aromatic hydroxyl groups is 1. The number of hydrogen-bond donors (Lipinski definition) is 3. The predicted octanol–water partition coefficient (Wildman–Crippen LogP) is 8.42. The molecule has 0 aliphatic heterocycles. The van der Waals surface area contributed by atoms with E-state index in [2.05, 4.69) is 6.92 Å². The summed E-state index contributed by atoms with van der Waals surface area (Å²) in [6.07, 6.45) is 3.16. The Morgan fingerprint density at radius 3 is 2.13 bits per heavy atom. The number of phenols is 1. The number of fused-ring (bicyclic) bond motifs is 6. The third kappa shape index (κ3) is 6.18. The number of unbranched alkanes of at least 4 members (excludes halogenated alkanes) is 6. The molecule has 0 heterocycles. The number of hydrogen-bond acceptors (Lipinski definition) is 4. The Hall–Kier alpha value is -1.40. The molecular formula is C33H45F7O4S. The highest BCUT2D eigenvalue weighted by molar-refractivity contribution is 7.85. The minimum Gasteiger partial charge on any atom is -0.508 e. The molecule has 1 aromatic rings. The first-order chi connectivity index (χ1) is 21.0. The Morgan fingerprint density at radius 1 is 0.889 bits per heavy atom. The molecule has 3 fully saturated rings. The second-order valence-corrected chi connectivity index (χ2v) is 16.0. The standard InChI is InChI=1S/C33H45F7O4S/c1-29-13-12-22-21-11-10-20(41)17-24(21)28(43)23(27(22)25(29)18-26(42)30(29)14-15-30)9-7-5-3-2-4-6-8-16-45(44)19-31(34,35)32(36,37)33(38,39)40/h10-11,17,22-23,25-28,41-43H,2-9,12-16,18-19H2,1H3/t22?,23?,25?,26-,27?,28+,29+,45?/m1/s1. The number of aliphatic hydroxyl groups excluding tert-OH is 2. The van der Waals surface area contributed by atoms with E-state index in [0.29, 0.717) is 18.8 Å². The highest BCUT2D eigenvalue weighted by atomic mass is 32.2. The van der Waals surface area contributed by atoms with Crippen LogP contribution in [-0.4, -0.2) is 55.2 Å². The normalized spacial score (nSPS) is 33.0. The molecule has 256 valence electrons. The van der Waals surface area contributed by atoms with Gasteiger partial charge in [-0.05, 0) is 97.3 Å². The number of rotatable bonds is 13. The van der Waals surface area contributed by atoms with E-state index < -0.39 is 40.7 Å². The van der Waals surface area contributed by atoms with Crippen molar-refractivity contribution in [2.24, 2.45) is 28.6 Å². The van der Waals surface area contributed by atoms with Gasteiger partial charge in [-0.3, -0.25) is 4.21 Å². The summed E-state index contributed by atoms with van der Waals surface area (Å²) in [4.78, 5) is 0. The maximum atomic E-state index is 13.5. The van der Waals surface area contributed by atoms with Crippen molar-refractivity contribution in [2.75, 3.05) is 11.5 Å². The largest absolute Gasteiger partial charge is 0.508 e. The van der Waals surface area contributed by atoms with Gasteiger partial charge in [0.25, 0.3) is 0 Å². The monoisotopic (exact) mass is 670 g/mol. The summed E-state index contributed by atoms with van der Waals surface area (Å²) in [5.74, 6) is -13.1. The second kappa shape index (κ2) is 12.6. The molecule has 1 aromatic carbocycles. The molecule has 0 amide bonds. The summed E-state index contributed by atoms with van der Waals surface area (Å²) in [5.41, 5.74) is 1.99. The Balaban J connectivity index is 1.09. The highest BCUT2D eigenvalue weighted by Gasteiger charge is 2.73. The molecule has 0 bridgehead atoms. The Bertz CT molecular complexity index is 1240. The van der Waals surface area contributed by atoms with Crippen LogP contribution in [0, 0.1) is 28.6 Å². The number of phenolic OH excluding ortho intramolecular Hbond substituents is 1. The van der Waals surface area contributed by atoms with Crippen LogP contribution in [0.1, 0.15) is 114 Å². The van der Waals surface area contributed by atoms with Gasteiger partial charge in [-0.25, -0.2) is 0 Å². The quantitative estimate of drug-likeness (QED) is 0.146. The van der Waals surface area contributed by atoms with Gasteiger partial charge in [-0.15, -0.1) is 0 Å². The van der Waals surface area contributed by atoms with Gasteiger partial charge in [0, 0.05) is 22.0 Å². The fourth-order valence-electron chi connectivity index (χ4n) is 9.47. The van der Waals surface area contributed by atoms with Crippen LogP contribution in [0.15, 0.2) is 18.2 Å². The van der Waals surface area contributed by atoms with Crippen molar-refractivity contribution in [3.05, 3.63) is 29.3 Å². The van der Waals surface area contributed by atoms with E-state index in [4.69, 9.17) is 0 Å². The average Bonchev–Trinajstić information content (AvgIpc) is 3.73. The molecule has 3 N–H and O–H groups in total. The number of halogens is 7. The van der Waals surface area contributed by atoms with Crippen LogP contribution in [-0.2, 0) is 10.8 Å². The van der Waals surface area contributed by atoms with Gasteiger partial charge in [0.15, 0.2) is 0 Å². The molecule has 5 rings (SSSR count). The van der Waals surface area contributed by atoms with E-state index in [0.717, 1.165) is 75.3 Å². The number of alkyl halides is 7. The fraction of sp³-hybridized carbons (Fsp3) is 0.818. The van der Waals surface area contributed by atoms with Gasteiger partial charge in [-0.2, -0.15) is 30.7 Å². The first-order valence-corrected chi connectivity index (χ1v) is 17.8. The Morgan fingerprint density at radius 2 is 1.51 bits per heavy atom. The Kier molecular flexibility index (Phi) is 9.75. The lowest BCUT2D eigenvalue weighted by atomic mass is 9.50. The zero-order valence-corrected chi connectivity index (χ0v) is 26.4. The highest BCUT2D eigenvalue weighted by Crippen LogP contribution is 2.76. The molecule has 1 spiro atoms. The zero-order chi connectivity index (χ0) is 33.0. The molecule has 0 aromatic heterocycles. The van der Waals surface area contributed by atoms with Crippen LogP contribution < -0.4 is 0 Å². The lowest BCUT2D eigenvalue weighted by Gasteiger charge is -2.55. The zero-order valence-electron chi connectivity index (χ0n) is 25.6. The van der Waals surface area contributed by atoms with Crippen LogP contribution in [0.25, 0.3) is 0 Å². The van der Waals surface area contributed by atoms with Gasteiger partial charge < -0.3 is 15.3 Å². The molecule has 4 nitrogen and oxygen atoms in total. The minimum atomic E-state index is -6.42. The molecule has 4 aliphatic rings. The van der Waals surface area contributed by atoms with Crippen molar-refractivity contribution in [1.29, 1.82) is 0 Å². The summed E-state index contributed by atoms with van der Waals surface area (Å²) in [6.45, 7) is 2.35. The van der Waals surface area contributed by atoms with Gasteiger partial charge in [0.2, 0.25) is 0 Å². The molecule has 0 saturated heterocycles. The van der Waals surface area contributed by atoms with Crippen molar-refractivity contribution in [2.45, 2.75) is 127 Å². The summed E-state index contributed by atoms with van der Waals surface area (Å²) in [6, 6.07) is 5.35. The molecule has 5 unspecified atom stereocenters. The third-order valence-electron chi connectivity index (χ3n) is 12.0. The van der Waals surface area contributed by atoms with E-state index in [1.807, 2.05) is 6.07 Å². The molecule has 0 radical (unpaired) electrons.